The molecule has 1 aromatic rings. The zero-order valence-corrected chi connectivity index (χ0v) is 12.0. The summed E-state index contributed by atoms with van der Waals surface area (Å²) in [4.78, 5) is 0. The molecule has 0 saturated heterocycles. The highest BCUT2D eigenvalue weighted by Crippen LogP contribution is 2.22. The second kappa shape index (κ2) is 7.10. The van der Waals surface area contributed by atoms with E-state index in [0.29, 0.717) is 18.7 Å². The highest BCUT2D eigenvalue weighted by molar-refractivity contribution is 7.91. The second-order valence-corrected chi connectivity index (χ2v) is 6.96. The standard InChI is InChI=1S/C13H18ClFO2S/c1-2-7-18(16,17)8-6-12(10-14)11-4-3-5-13(15)9-11/h3-5,9,12H,2,6-8,10H2,1H3. The average molecular weight is 293 g/mol. The Kier molecular flexibility index (Phi) is 6.09. The number of hydrogen-bond acceptors (Lipinski definition) is 2. The lowest BCUT2D eigenvalue weighted by molar-refractivity contribution is 0.586. The van der Waals surface area contributed by atoms with Gasteiger partial charge in [-0.3, -0.25) is 0 Å². The Morgan fingerprint density at radius 3 is 2.61 bits per heavy atom. The van der Waals surface area contributed by atoms with Crippen molar-refractivity contribution in [2.45, 2.75) is 25.7 Å². The quantitative estimate of drug-likeness (QED) is 0.722. The number of sulfone groups is 1. The van der Waals surface area contributed by atoms with Gasteiger partial charge in [-0.05, 0) is 36.5 Å². The highest BCUT2D eigenvalue weighted by atomic mass is 35.5. The molecule has 5 heteroatoms. The lowest BCUT2D eigenvalue weighted by Crippen LogP contribution is -2.14. The first-order valence-corrected chi connectivity index (χ1v) is 8.36. The molecule has 1 atom stereocenters. The zero-order chi connectivity index (χ0) is 13.6. The molecule has 0 heterocycles. The maximum atomic E-state index is 13.1. The predicted molar refractivity (Wildman–Crippen MR) is 73.4 cm³/mol. The largest absolute Gasteiger partial charge is 0.229 e. The fourth-order valence-electron chi connectivity index (χ4n) is 1.83. The van der Waals surface area contributed by atoms with Gasteiger partial charge in [-0.1, -0.05) is 19.1 Å². The zero-order valence-electron chi connectivity index (χ0n) is 10.4. The smallest absolute Gasteiger partial charge is 0.150 e. The van der Waals surface area contributed by atoms with E-state index in [1.54, 1.807) is 12.1 Å². The van der Waals surface area contributed by atoms with Crippen LogP contribution < -0.4 is 0 Å². The summed E-state index contributed by atoms with van der Waals surface area (Å²) in [5, 5.41) is 0. The van der Waals surface area contributed by atoms with Gasteiger partial charge in [0, 0.05) is 11.6 Å². The Bertz CT molecular complexity index is 474. The Morgan fingerprint density at radius 1 is 1.33 bits per heavy atom. The summed E-state index contributed by atoms with van der Waals surface area (Å²) in [6, 6.07) is 6.18. The van der Waals surface area contributed by atoms with Gasteiger partial charge in [-0.2, -0.15) is 0 Å². The third-order valence-corrected chi connectivity index (χ3v) is 5.06. The van der Waals surface area contributed by atoms with E-state index in [0.717, 1.165) is 5.56 Å². The average Bonchev–Trinajstić information content (AvgIpc) is 2.29. The van der Waals surface area contributed by atoms with Crippen molar-refractivity contribution in [1.82, 2.24) is 0 Å². The van der Waals surface area contributed by atoms with Crippen molar-refractivity contribution >= 4 is 21.4 Å². The van der Waals surface area contributed by atoms with Crippen LogP contribution in [0.2, 0.25) is 0 Å². The van der Waals surface area contributed by atoms with Crippen LogP contribution in [0.1, 0.15) is 31.2 Å². The molecule has 0 aliphatic rings. The van der Waals surface area contributed by atoms with Crippen molar-refractivity contribution < 1.29 is 12.8 Å². The van der Waals surface area contributed by atoms with E-state index in [2.05, 4.69) is 0 Å². The summed E-state index contributed by atoms with van der Waals surface area (Å²) in [7, 11) is -3.01. The van der Waals surface area contributed by atoms with Crippen molar-refractivity contribution in [3.05, 3.63) is 35.6 Å². The Hall–Kier alpha value is -0.610. The SMILES string of the molecule is CCCS(=O)(=O)CCC(CCl)c1cccc(F)c1. The van der Waals surface area contributed by atoms with Gasteiger partial charge in [0.1, 0.15) is 15.7 Å². The highest BCUT2D eigenvalue weighted by Gasteiger charge is 2.16. The minimum absolute atomic E-state index is 0.106. The summed E-state index contributed by atoms with van der Waals surface area (Å²) in [5.74, 6) is 0.165. The van der Waals surface area contributed by atoms with Crippen LogP contribution >= 0.6 is 11.6 Å². The molecule has 0 radical (unpaired) electrons. The van der Waals surface area contributed by atoms with E-state index in [1.807, 2.05) is 6.92 Å². The fourth-order valence-corrected chi connectivity index (χ4v) is 3.63. The van der Waals surface area contributed by atoms with Gasteiger partial charge >= 0.3 is 0 Å². The van der Waals surface area contributed by atoms with Crippen molar-refractivity contribution in [3.8, 4) is 0 Å². The minimum atomic E-state index is -3.01. The van der Waals surface area contributed by atoms with Gasteiger partial charge in [0.15, 0.2) is 0 Å². The van der Waals surface area contributed by atoms with Gasteiger partial charge in [0.2, 0.25) is 0 Å². The number of alkyl halides is 1. The Morgan fingerprint density at radius 2 is 2.06 bits per heavy atom. The molecule has 0 aliphatic carbocycles. The van der Waals surface area contributed by atoms with E-state index >= 15 is 0 Å². The fraction of sp³-hybridized carbons (Fsp3) is 0.538. The molecule has 0 aliphatic heterocycles. The predicted octanol–water partition coefficient (Wildman–Crippen LogP) is 3.36. The second-order valence-electron chi connectivity index (χ2n) is 4.35. The van der Waals surface area contributed by atoms with Crippen LogP contribution in [0, 0.1) is 5.82 Å². The minimum Gasteiger partial charge on any atom is -0.229 e. The molecule has 0 saturated carbocycles. The van der Waals surface area contributed by atoms with E-state index in [4.69, 9.17) is 11.6 Å². The Balaban J connectivity index is 2.69. The summed E-state index contributed by atoms with van der Waals surface area (Å²) >= 11 is 5.84. The van der Waals surface area contributed by atoms with Crippen molar-refractivity contribution in [2.24, 2.45) is 0 Å². The summed E-state index contributed by atoms with van der Waals surface area (Å²) in [6.45, 7) is 1.84. The molecule has 1 rings (SSSR count). The molecule has 102 valence electrons. The van der Waals surface area contributed by atoms with Crippen LogP contribution in [0.4, 0.5) is 4.39 Å². The molecule has 0 bridgehead atoms. The normalized spacial score (nSPS) is 13.5. The first kappa shape index (κ1) is 15.4. The third kappa shape index (κ3) is 4.94. The van der Waals surface area contributed by atoms with Crippen LogP contribution in [-0.4, -0.2) is 25.8 Å². The van der Waals surface area contributed by atoms with Gasteiger partial charge in [0.25, 0.3) is 0 Å². The maximum Gasteiger partial charge on any atom is 0.150 e. The van der Waals surface area contributed by atoms with Crippen LogP contribution in [0.25, 0.3) is 0 Å². The molecule has 0 fully saturated rings. The Labute approximate surface area is 113 Å². The van der Waals surface area contributed by atoms with Crippen molar-refractivity contribution in [2.75, 3.05) is 17.4 Å². The van der Waals surface area contributed by atoms with Crippen molar-refractivity contribution in [1.29, 1.82) is 0 Å². The van der Waals surface area contributed by atoms with E-state index in [9.17, 15) is 12.8 Å². The molecule has 18 heavy (non-hydrogen) atoms. The van der Waals surface area contributed by atoms with E-state index < -0.39 is 9.84 Å². The first-order chi connectivity index (χ1) is 8.48. The van der Waals surface area contributed by atoms with Crippen molar-refractivity contribution in [3.63, 3.8) is 0 Å². The molecule has 0 amide bonds. The molecule has 0 N–H and O–H groups in total. The number of halogens is 2. The topological polar surface area (TPSA) is 34.1 Å². The number of rotatable bonds is 7. The number of benzene rings is 1. The monoisotopic (exact) mass is 292 g/mol. The van der Waals surface area contributed by atoms with Gasteiger partial charge in [-0.25, -0.2) is 12.8 Å². The molecule has 1 aromatic carbocycles. The van der Waals surface area contributed by atoms with Crippen LogP contribution in [0.5, 0.6) is 0 Å². The van der Waals surface area contributed by atoms with E-state index in [1.165, 1.54) is 12.1 Å². The summed E-state index contributed by atoms with van der Waals surface area (Å²) in [5.41, 5.74) is 0.761. The van der Waals surface area contributed by atoms with E-state index in [-0.39, 0.29) is 23.2 Å². The van der Waals surface area contributed by atoms with Gasteiger partial charge in [0.05, 0.1) is 5.75 Å². The molecule has 0 spiro atoms. The van der Waals surface area contributed by atoms with Gasteiger partial charge < -0.3 is 0 Å². The lowest BCUT2D eigenvalue weighted by atomic mass is 9.98. The first-order valence-electron chi connectivity index (χ1n) is 6.00. The molecule has 1 unspecified atom stereocenters. The van der Waals surface area contributed by atoms with Crippen LogP contribution in [0.15, 0.2) is 24.3 Å². The maximum absolute atomic E-state index is 13.1. The summed E-state index contributed by atoms with van der Waals surface area (Å²) in [6.07, 6.45) is 1.06. The lowest BCUT2D eigenvalue weighted by Gasteiger charge is -2.14. The van der Waals surface area contributed by atoms with Gasteiger partial charge in [-0.15, -0.1) is 11.6 Å². The molecular weight excluding hydrogens is 275 g/mol. The molecule has 0 aromatic heterocycles. The molecule has 2 nitrogen and oxygen atoms in total. The van der Waals surface area contributed by atoms with Crippen LogP contribution in [0.3, 0.4) is 0 Å². The summed E-state index contributed by atoms with van der Waals surface area (Å²) < 4.78 is 36.4. The molecular formula is C13H18ClFO2S. The number of hydrogen-bond donors (Lipinski definition) is 0. The van der Waals surface area contributed by atoms with Crippen LogP contribution in [-0.2, 0) is 9.84 Å². The third-order valence-electron chi connectivity index (χ3n) is 2.80.